The normalized spacial score (nSPS) is 11.4. The van der Waals surface area contributed by atoms with Gasteiger partial charge in [-0.1, -0.05) is 48.0 Å². The Morgan fingerprint density at radius 3 is 2.22 bits per heavy atom. The summed E-state index contributed by atoms with van der Waals surface area (Å²) < 4.78 is 39.5. The lowest BCUT2D eigenvalue weighted by Gasteiger charge is -2.25. The number of nitro benzene ring substituents is 1. The summed E-state index contributed by atoms with van der Waals surface area (Å²) in [6.45, 7) is -0.102. The number of fused-ring (bicyclic) bond motifs is 1. The average molecular weight is 593 g/mol. The number of halogens is 1. The number of aromatic carboxylic acids is 1. The molecule has 0 radical (unpaired) electrons. The van der Waals surface area contributed by atoms with Gasteiger partial charge in [0.15, 0.2) is 0 Å². The maximum Gasteiger partial charge on any atom is 0.371 e. The van der Waals surface area contributed by atoms with Crippen molar-refractivity contribution in [1.29, 1.82) is 0 Å². The second-order valence-corrected chi connectivity index (χ2v) is 11.2. The Balaban J connectivity index is 1.55. The third-order valence-corrected chi connectivity index (χ3v) is 8.48. The van der Waals surface area contributed by atoms with Crippen molar-refractivity contribution >= 4 is 49.9 Å². The molecule has 0 aliphatic rings. The molecular weight excluding hydrogens is 572 g/mol. The summed E-state index contributed by atoms with van der Waals surface area (Å²) in [5.74, 6) is -0.824. The lowest BCUT2D eigenvalue weighted by atomic mass is 10.0. The monoisotopic (exact) mass is 592 g/mol. The molecule has 1 aromatic heterocycles. The van der Waals surface area contributed by atoms with E-state index < -0.39 is 26.6 Å². The molecule has 0 amide bonds. The lowest BCUT2D eigenvalue weighted by Crippen LogP contribution is -2.30. The number of hydrogen-bond donors (Lipinski definition) is 1. The molecule has 10 nitrogen and oxygen atoms in total. The Morgan fingerprint density at radius 1 is 0.976 bits per heavy atom. The standard InChI is InChI=1S/C29H21ClN2O8S/c1-39-23-9-6-20(7-10-23)19-4-2-18(3-5-19)17-31(22-8-13-27-21(14-22)15-28(40-27)29(33)34)41(37,38)24-11-12-26(32(35)36)25(30)16-24/h2-16H,17H2,1H3,(H,33,34). The van der Waals surface area contributed by atoms with Gasteiger partial charge in [-0.25, -0.2) is 13.2 Å². The maximum atomic E-state index is 13.9. The minimum Gasteiger partial charge on any atom is -0.497 e. The van der Waals surface area contributed by atoms with Crippen molar-refractivity contribution in [2.45, 2.75) is 11.4 Å². The molecule has 0 saturated carbocycles. The minimum atomic E-state index is -4.30. The van der Waals surface area contributed by atoms with E-state index in [9.17, 15) is 28.4 Å². The molecule has 0 saturated heterocycles. The van der Waals surface area contributed by atoms with E-state index in [4.69, 9.17) is 20.8 Å². The molecule has 5 aromatic rings. The molecule has 1 N–H and O–H groups in total. The number of hydrogen-bond acceptors (Lipinski definition) is 7. The van der Waals surface area contributed by atoms with E-state index >= 15 is 0 Å². The Hall–Kier alpha value is -4.87. The van der Waals surface area contributed by atoms with Crippen molar-refractivity contribution in [3.63, 3.8) is 0 Å². The summed E-state index contributed by atoms with van der Waals surface area (Å²) >= 11 is 6.05. The molecule has 0 aliphatic heterocycles. The second-order valence-electron chi connectivity index (χ2n) is 8.95. The number of carboxylic acids is 1. The third kappa shape index (κ3) is 5.58. The zero-order valence-corrected chi connectivity index (χ0v) is 22.9. The van der Waals surface area contributed by atoms with Crippen LogP contribution in [-0.2, 0) is 16.6 Å². The van der Waals surface area contributed by atoms with Crippen molar-refractivity contribution in [1.82, 2.24) is 0 Å². The van der Waals surface area contributed by atoms with Crippen LogP contribution in [0.2, 0.25) is 5.02 Å². The van der Waals surface area contributed by atoms with Crippen LogP contribution in [0.5, 0.6) is 5.75 Å². The third-order valence-electron chi connectivity index (χ3n) is 6.41. The van der Waals surface area contributed by atoms with E-state index in [2.05, 4.69) is 0 Å². The predicted molar refractivity (Wildman–Crippen MR) is 153 cm³/mol. The van der Waals surface area contributed by atoms with Crippen LogP contribution in [-0.4, -0.2) is 31.5 Å². The van der Waals surface area contributed by atoms with Gasteiger partial charge >= 0.3 is 5.97 Å². The van der Waals surface area contributed by atoms with Gasteiger partial charge in [-0.15, -0.1) is 0 Å². The summed E-state index contributed by atoms with van der Waals surface area (Å²) in [6.07, 6.45) is 0. The molecule has 5 rings (SSSR count). The number of anilines is 1. The van der Waals surface area contributed by atoms with Gasteiger partial charge in [-0.3, -0.25) is 14.4 Å². The number of methoxy groups -OCH3 is 1. The highest BCUT2D eigenvalue weighted by Crippen LogP contribution is 2.34. The zero-order chi connectivity index (χ0) is 29.3. The summed E-state index contributed by atoms with van der Waals surface area (Å²) in [5.41, 5.74) is 2.58. The number of nitrogens with zero attached hydrogens (tertiary/aromatic N) is 2. The zero-order valence-electron chi connectivity index (χ0n) is 21.4. The van der Waals surface area contributed by atoms with E-state index in [0.717, 1.165) is 39.4 Å². The van der Waals surface area contributed by atoms with Gasteiger partial charge in [0.05, 0.1) is 29.2 Å². The molecule has 1 heterocycles. The van der Waals surface area contributed by atoms with Crippen LogP contribution in [0.1, 0.15) is 16.1 Å². The predicted octanol–water partition coefficient (Wildman–Crippen LogP) is 6.76. The number of nitro groups is 1. The van der Waals surface area contributed by atoms with Gasteiger partial charge in [0.1, 0.15) is 16.4 Å². The average Bonchev–Trinajstić information content (AvgIpc) is 3.40. The maximum absolute atomic E-state index is 13.9. The fraction of sp³-hybridized carbons (Fsp3) is 0.0690. The minimum absolute atomic E-state index is 0.102. The molecular formula is C29H21ClN2O8S. The molecule has 12 heteroatoms. The molecule has 0 fully saturated rings. The molecule has 0 aliphatic carbocycles. The van der Waals surface area contributed by atoms with Gasteiger partial charge in [0.2, 0.25) is 5.76 Å². The first-order valence-corrected chi connectivity index (χ1v) is 13.9. The van der Waals surface area contributed by atoms with Crippen LogP contribution in [0.25, 0.3) is 22.1 Å². The molecule has 0 spiro atoms. The molecule has 208 valence electrons. The number of ether oxygens (including phenoxy) is 1. The largest absolute Gasteiger partial charge is 0.497 e. The van der Waals surface area contributed by atoms with Crippen LogP contribution in [0, 0.1) is 10.1 Å². The highest BCUT2D eigenvalue weighted by molar-refractivity contribution is 7.92. The summed E-state index contributed by atoms with van der Waals surface area (Å²) in [6, 6.07) is 23.8. The van der Waals surface area contributed by atoms with Crippen molar-refractivity contribution in [3.8, 4) is 16.9 Å². The first-order valence-electron chi connectivity index (χ1n) is 12.0. The number of rotatable bonds is 9. The van der Waals surface area contributed by atoms with Crippen LogP contribution in [0.15, 0.2) is 100 Å². The van der Waals surface area contributed by atoms with Crippen LogP contribution in [0.3, 0.4) is 0 Å². The van der Waals surface area contributed by atoms with Crippen LogP contribution >= 0.6 is 11.6 Å². The Labute approximate surface area is 239 Å². The number of sulfonamides is 1. The van der Waals surface area contributed by atoms with Gasteiger partial charge in [0, 0.05) is 11.5 Å². The Morgan fingerprint density at radius 2 is 1.63 bits per heavy atom. The Kier molecular flexibility index (Phi) is 7.40. The fourth-order valence-corrected chi connectivity index (χ4v) is 6.07. The molecule has 41 heavy (non-hydrogen) atoms. The van der Waals surface area contributed by atoms with Gasteiger partial charge < -0.3 is 14.3 Å². The van der Waals surface area contributed by atoms with Crippen molar-refractivity contribution in [2.75, 3.05) is 11.4 Å². The lowest BCUT2D eigenvalue weighted by molar-refractivity contribution is -0.384. The first-order chi connectivity index (χ1) is 19.6. The topological polar surface area (TPSA) is 140 Å². The second kappa shape index (κ2) is 11.0. The van der Waals surface area contributed by atoms with Crippen molar-refractivity contribution < 1.29 is 32.4 Å². The van der Waals surface area contributed by atoms with Crippen molar-refractivity contribution in [3.05, 3.63) is 117 Å². The highest BCUT2D eigenvalue weighted by Gasteiger charge is 2.28. The molecule has 0 bridgehead atoms. The number of carboxylic acid groups (broad SMARTS) is 1. The van der Waals surface area contributed by atoms with Crippen LogP contribution < -0.4 is 9.04 Å². The first kappa shape index (κ1) is 27.7. The number of furan rings is 1. The van der Waals surface area contributed by atoms with Gasteiger partial charge in [-0.2, -0.15) is 0 Å². The van der Waals surface area contributed by atoms with Crippen molar-refractivity contribution in [2.24, 2.45) is 0 Å². The van der Waals surface area contributed by atoms with Crippen LogP contribution in [0.4, 0.5) is 11.4 Å². The van der Waals surface area contributed by atoms with Gasteiger partial charge in [-0.05, 0) is 65.2 Å². The summed E-state index contributed by atoms with van der Waals surface area (Å²) in [7, 11) is -2.71. The highest BCUT2D eigenvalue weighted by atomic mass is 35.5. The van der Waals surface area contributed by atoms with E-state index in [-0.39, 0.29) is 33.5 Å². The molecule has 4 aromatic carbocycles. The molecule has 0 atom stereocenters. The SMILES string of the molecule is COc1ccc(-c2ccc(CN(c3ccc4oc(C(=O)O)cc4c3)S(=O)(=O)c3ccc([N+](=O)[O-])c(Cl)c3)cc2)cc1. The van der Waals surface area contributed by atoms with E-state index in [1.54, 1.807) is 19.2 Å². The fourth-order valence-electron chi connectivity index (χ4n) is 4.28. The smallest absolute Gasteiger partial charge is 0.371 e. The summed E-state index contributed by atoms with van der Waals surface area (Å²) in [5, 5.41) is 20.6. The Bertz CT molecular complexity index is 1890. The number of benzene rings is 4. The van der Waals surface area contributed by atoms with E-state index in [1.165, 1.54) is 24.3 Å². The van der Waals surface area contributed by atoms with Gasteiger partial charge in [0.25, 0.3) is 15.7 Å². The van der Waals surface area contributed by atoms with E-state index in [0.29, 0.717) is 10.9 Å². The summed E-state index contributed by atoms with van der Waals surface area (Å²) in [4.78, 5) is 21.6. The van der Waals surface area contributed by atoms with E-state index in [1.807, 2.05) is 36.4 Å². The number of carbonyl (C=O) groups is 1. The quantitative estimate of drug-likeness (QED) is 0.146. The molecule has 0 unspecified atom stereocenters.